The van der Waals surface area contributed by atoms with E-state index in [1.165, 1.54) is 12.1 Å². The van der Waals surface area contributed by atoms with Gasteiger partial charge in [-0.15, -0.1) is 0 Å². The normalized spacial score (nSPS) is 17.1. The van der Waals surface area contributed by atoms with Crippen molar-refractivity contribution in [1.82, 2.24) is 15.0 Å². The molecule has 4 rings (SSSR count). The lowest BCUT2D eigenvalue weighted by Crippen LogP contribution is -2.38. The van der Waals surface area contributed by atoms with Crippen LogP contribution in [-0.2, 0) is 0 Å². The minimum atomic E-state index is -0.325. The maximum Gasteiger partial charge on any atom is 0.254 e. The highest BCUT2D eigenvalue weighted by atomic mass is 35.5. The largest absolute Gasteiger partial charge is 0.337 e. The molecule has 1 fully saturated rings. The quantitative estimate of drug-likeness (QED) is 0.643. The number of halogens is 2. The predicted molar refractivity (Wildman–Crippen MR) is 98.8 cm³/mol. The second kappa shape index (κ2) is 7.48. The fraction of sp³-hybridized carbons (Fsp3) is 0.250. The van der Waals surface area contributed by atoms with Crippen LogP contribution in [0.2, 0.25) is 5.02 Å². The Labute approximate surface area is 160 Å². The lowest BCUT2D eigenvalue weighted by atomic mass is 10.0. The summed E-state index contributed by atoms with van der Waals surface area (Å²) >= 11 is 5.92. The van der Waals surface area contributed by atoms with Crippen molar-refractivity contribution in [3.8, 4) is 11.4 Å². The monoisotopic (exact) mass is 385 g/mol. The summed E-state index contributed by atoms with van der Waals surface area (Å²) in [5.74, 6) is 0.373. The zero-order valence-electron chi connectivity index (χ0n) is 14.4. The Morgan fingerprint density at radius 2 is 1.85 bits per heavy atom. The second-order valence-corrected chi connectivity index (χ2v) is 6.92. The molecule has 0 aliphatic carbocycles. The first-order valence-corrected chi connectivity index (χ1v) is 9.16. The van der Waals surface area contributed by atoms with Crippen molar-refractivity contribution in [2.24, 2.45) is 0 Å². The van der Waals surface area contributed by atoms with Crippen molar-refractivity contribution in [2.75, 3.05) is 6.54 Å². The van der Waals surface area contributed by atoms with E-state index in [9.17, 15) is 9.18 Å². The van der Waals surface area contributed by atoms with Gasteiger partial charge in [0.2, 0.25) is 11.7 Å². The number of amides is 1. The van der Waals surface area contributed by atoms with Gasteiger partial charge >= 0.3 is 0 Å². The third kappa shape index (κ3) is 3.71. The average Bonchev–Trinajstić information content (AvgIpc) is 3.19. The first-order valence-electron chi connectivity index (χ1n) is 8.78. The Kier molecular flexibility index (Phi) is 4.90. The molecule has 1 atom stereocenters. The molecule has 7 heteroatoms. The highest BCUT2D eigenvalue weighted by molar-refractivity contribution is 6.30. The molecule has 0 saturated carbocycles. The number of benzene rings is 2. The lowest BCUT2D eigenvalue weighted by molar-refractivity contribution is 0.0561. The van der Waals surface area contributed by atoms with E-state index in [-0.39, 0.29) is 17.8 Å². The summed E-state index contributed by atoms with van der Waals surface area (Å²) in [5, 5.41) is 4.59. The fourth-order valence-corrected chi connectivity index (χ4v) is 3.40. The summed E-state index contributed by atoms with van der Waals surface area (Å²) < 4.78 is 18.6. The van der Waals surface area contributed by atoms with E-state index >= 15 is 0 Å². The van der Waals surface area contributed by atoms with Crippen LogP contribution in [0.25, 0.3) is 11.4 Å². The van der Waals surface area contributed by atoms with Crippen LogP contribution >= 0.6 is 11.6 Å². The Bertz CT molecular complexity index is 941. The SMILES string of the molecule is O=C(c1ccc(Cl)cc1)N1CCCCC1c1nc(-c2ccc(F)cc2)no1. The number of hydrogen-bond acceptors (Lipinski definition) is 4. The summed E-state index contributed by atoms with van der Waals surface area (Å²) in [4.78, 5) is 19.2. The van der Waals surface area contributed by atoms with Crippen LogP contribution in [0.5, 0.6) is 0 Å². The number of carbonyl (C=O) groups excluding carboxylic acids is 1. The van der Waals surface area contributed by atoms with Gasteiger partial charge in [-0.2, -0.15) is 4.98 Å². The van der Waals surface area contributed by atoms with Gasteiger partial charge in [0.25, 0.3) is 5.91 Å². The summed E-state index contributed by atoms with van der Waals surface area (Å²) in [7, 11) is 0. The van der Waals surface area contributed by atoms with Crippen LogP contribution < -0.4 is 0 Å². The van der Waals surface area contributed by atoms with Crippen LogP contribution in [-0.4, -0.2) is 27.5 Å². The molecular formula is C20H17ClFN3O2. The van der Waals surface area contributed by atoms with Crippen LogP contribution in [0, 0.1) is 5.82 Å². The summed E-state index contributed by atoms with van der Waals surface area (Å²) in [5.41, 5.74) is 1.24. The molecule has 2 heterocycles. The molecular weight excluding hydrogens is 369 g/mol. The zero-order valence-corrected chi connectivity index (χ0v) is 15.2. The molecule has 5 nitrogen and oxygen atoms in total. The predicted octanol–water partition coefficient (Wildman–Crippen LogP) is 4.90. The van der Waals surface area contributed by atoms with Gasteiger partial charge in [0.15, 0.2) is 0 Å². The fourth-order valence-electron chi connectivity index (χ4n) is 3.28. The first kappa shape index (κ1) is 17.7. The number of rotatable bonds is 3. The molecule has 0 N–H and O–H groups in total. The standard InChI is InChI=1S/C20H17ClFN3O2/c21-15-8-4-14(5-9-15)20(26)25-12-2-1-3-17(25)19-23-18(24-27-19)13-6-10-16(22)11-7-13/h4-11,17H,1-3,12H2. The summed E-state index contributed by atoms with van der Waals surface area (Å²) in [6.07, 6.45) is 2.66. The van der Waals surface area contributed by atoms with E-state index in [1.807, 2.05) is 0 Å². The number of aromatic nitrogens is 2. The minimum absolute atomic E-state index is 0.0853. The molecule has 0 spiro atoms. The molecule has 0 radical (unpaired) electrons. The van der Waals surface area contributed by atoms with Gasteiger partial charge in [-0.1, -0.05) is 16.8 Å². The number of carbonyl (C=O) groups is 1. The maximum absolute atomic E-state index is 13.1. The molecule has 1 aliphatic rings. The van der Waals surface area contributed by atoms with Gasteiger partial charge in [0, 0.05) is 22.7 Å². The number of hydrogen-bond donors (Lipinski definition) is 0. The molecule has 0 bridgehead atoms. The van der Waals surface area contributed by atoms with Gasteiger partial charge < -0.3 is 9.42 Å². The van der Waals surface area contributed by atoms with Crippen LogP contribution in [0.4, 0.5) is 4.39 Å². The van der Waals surface area contributed by atoms with E-state index in [1.54, 1.807) is 41.3 Å². The molecule has 138 valence electrons. The van der Waals surface area contributed by atoms with Crippen LogP contribution in [0.3, 0.4) is 0 Å². The molecule has 1 amide bonds. The molecule has 1 aromatic heterocycles. The van der Waals surface area contributed by atoms with Crippen molar-refractivity contribution in [3.63, 3.8) is 0 Å². The average molecular weight is 386 g/mol. The van der Waals surface area contributed by atoms with Crippen LogP contribution in [0.1, 0.15) is 41.6 Å². The molecule has 2 aromatic carbocycles. The van der Waals surface area contributed by atoms with Gasteiger partial charge in [-0.25, -0.2) is 4.39 Å². The third-order valence-corrected chi connectivity index (χ3v) is 4.94. The second-order valence-electron chi connectivity index (χ2n) is 6.48. The van der Waals surface area contributed by atoms with Gasteiger partial charge in [-0.05, 0) is 67.8 Å². The van der Waals surface area contributed by atoms with E-state index in [4.69, 9.17) is 16.1 Å². The van der Waals surface area contributed by atoms with Gasteiger partial charge in [-0.3, -0.25) is 4.79 Å². The van der Waals surface area contributed by atoms with E-state index in [2.05, 4.69) is 10.1 Å². The summed E-state index contributed by atoms with van der Waals surface area (Å²) in [6, 6.07) is 12.5. The Morgan fingerprint density at radius 3 is 2.59 bits per heavy atom. The highest BCUT2D eigenvalue weighted by Crippen LogP contribution is 2.32. The topological polar surface area (TPSA) is 59.2 Å². The highest BCUT2D eigenvalue weighted by Gasteiger charge is 2.32. The third-order valence-electron chi connectivity index (χ3n) is 4.68. The molecule has 1 aliphatic heterocycles. The van der Waals surface area contributed by atoms with Crippen LogP contribution in [0.15, 0.2) is 53.1 Å². The molecule has 1 saturated heterocycles. The maximum atomic E-state index is 13.1. The number of likely N-dealkylation sites (tertiary alicyclic amines) is 1. The minimum Gasteiger partial charge on any atom is -0.337 e. The lowest BCUT2D eigenvalue weighted by Gasteiger charge is -2.33. The Morgan fingerprint density at radius 1 is 1.11 bits per heavy atom. The van der Waals surface area contributed by atoms with Gasteiger partial charge in [0.05, 0.1) is 0 Å². The smallest absolute Gasteiger partial charge is 0.254 e. The van der Waals surface area contributed by atoms with E-state index in [0.717, 1.165) is 19.3 Å². The van der Waals surface area contributed by atoms with Crippen molar-refractivity contribution < 1.29 is 13.7 Å². The van der Waals surface area contributed by atoms with Gasteiger partial charge in [0.1, 0.15) is 11.9 Å². The van der Waals surface area contributed by atoms with Crippen molar-refractivity contribution >= 4 is 17.5 Å². The van der Waals surface area contributed by atoms with E-state index in [0.29, 0.717) is 34.4 Å². The van der Waals surface area contributed by atoms with Crippen molar-refractivity contribution in [2.45, 2.75) is 25.3 Å². The summed E-state index contributed by atoms with van der Waals surface area (Å²) in [6.45, 7) is 0.625. The van der Waals surface area contributed by atoms with Crippen molar-refractivity contribution in [3.05, 3.63) is 70.8 Å². The Balaban J connectivity index is 1.60. The number of piperidine rings is 1. The zero-order chi connectivity index (χ0) is 18.8. The first-order chi connectivity index (χ1) is 13.1. The molecule has 1 unspecified atom stereocenters. The number of nitrogens with zero attached hydrogens (tertiary/aromatic N) is 3. The van der Waals surface area contributed by atoms with Crippen molar-refractivity contribution in [1.29, 1.82) is 0 Å². The van der Waals surface area contributed by atoms with E-state index < -0.39 is 0 Å². The molecule has 27 heavy (non-hydrogen) atoms. The Hall–Kier alpha value is -2.73. The molecule has 3 aromatic rings.